The van der Waals surface area contributed by atoms with Crippen LogP contribution in [0.5, 0.6) is 5.75 Å². The van der Waals surface area contributed by atoms with Gasteiger partial charge >= 0.3 is 6.09 Å². The van der Waals surface area contributed by atoms with Crippen molar-refractivity contribution in [3.8, 4) is 17.1 Å². The molecule has 0 spiro atoms. The van der Waals surface area contributed by atoms with E-state index in [0.29, 0.717) is 22.4 Å². The molecule has 47 heavy (non-hydrogen) atoms. The molecule has 0 saturated heterocycles. The fraction of sp³-hybridized carbons (Fsp3) is 0.312. The Kier molecular flexibility index (Phi) is 9.17. The molecule has 0 radical (unpaired) electrons. The number of aromatic nitrogens is 5. The maximum absolute atomic E-state index is 13.6. The lowest BCUT2D eigenvalue weighted by atomic mass is 9.93. The number of methoxy groups -OCH3 is 2. The first-order chi connectivity index (χ1) is 22.4. The van der Waals surface area contributed by atoms with Crippen LogP contribution in [0.4, 0.5) is 10.5 Å². The van der Waals surface area contributed by atoms with Gasteiger partial charge in [-0.15, -0.1) is 10.2 Å². The Labute approximate surface area is 268 Å². The number of fused-ring (bicyclic) bond motifs is 1. The summed E-state index contributed by atoms with van der Waals surface area (Å²) >= 11 is 0. The number of Topliss-reactive ketones (excluding diaryl/α,β-unsaturated/α-hetero) is 1. The summed E-state index contributed by atoms with van der Waals surface area (Å²) < 4.78 is 22.7. The smallest absolute Gasteiger partial charge is 0.411 e. The SMILES string of the molecule is COC(=O)Nc1cnc(-c2ccccc2)n(CC(=O)NC(C(=O)c2nnc(C(C)(C)c3nc4cc(OC)ccc4o3)o2)C(C)C)c1=O. The van der Waals surface area contributed by atoms with Crippen LogP contribution in [0.15, 0.2) is 68.4 Å². The van der Waals surface area contributed by atoms with Crippen LogP contribution in [0.2, 0.25) is 0 Å². The predicted octanol–water partition coefficient (Wildman–Crippen LogP) is 3.97. The van der Waals surface area contributed by atoms with Crippen molar-refractivity contribution < 1.29 is 32.7 Å². The molecular weight excluding hydrogens is 610 g/mol. The lowest BCUT2D eigenvalue weighted by Crippen LogP contribution is -2.46. The van der Waals surface area contributed by atoms with Crippen molar-refractivity contribution in [3.05, 3.63) is 82.8 Å². The number of nitrogens with one attached hydrogen (secondary N) is 2. The van der Waals surface area contributed by atoms with E-state index in [2.05, 4.69) is 35.5 Å². The topological polar surface area (TPSA) is 194 Å². The van der Waals surface area contributed by atoms with Crippen molar-refractivity contribution in [2.75, 3.05) is 19.5 Å². The molecule has 3 heterocycles. The molecule has 0 aliphatic heterocycles. The summed E-state index contributed by atoms with van der Waals surface area (Å²) in [5.41, 5.74) is -0.254. The lowest BCUT2D eigenvalue weighted by molar-refractivity contribution is -0.122. The molecule has 0 aliphatic rings. The molecule has 5 rings (SSSR count). The summed E-state index contributed by atoms with van der Waals surface area (Å²) in [5, 5.41) is 13.1. The van der Waals surface area contributed by atoms with E-state index in [1.54, 1.807) is 83.3 Å². The third-order valence-electron chi connectivity index (χ3n) is 7.37. The van der Waals surface area contributed by atoms with Gasteiger partial charge in [-0.25, -0.2) is 14.8 Å². The minimum Gasteiger partial charge on any atom is -0.497 e. The molecule has 3 aromatic heterocycles. The van der Waals surface area contributed by atoms with Crippen LogP contribution < -0.4 is 20.9 Å². The van der Waals surface area contributed by atoms with Gasteiger partial charge in [0, 0.05) is 11.6 Å². The van der Waals surface area contributed by atoms with Gasteiger partial charge in [0.05, 0.1) is 26.5 Å². The van der Waals surface area contributed by atoms with E-state index in [4.69, 9.17) is 13.6 Å². The maximum atomic E-state index is 13.6. The minimum absolute atomic E-state index is 0.0771. The Morgan fingerprint density at radius 2 is 1.74 bits per heavy atom. The number of hydrogen-bond acceptors (Lipinski definition) is 12. The maximum Gasteiger partial charge on any atom is 0.411 e. The number of carbonyl (C=O) groups excluding carboxylic acids is 3. The van der Waals surface area contributed by atoms with Crippen molar-refractivity contribution in [1.82, 2.24) is 30.0 Å². The van der Waals surface area contributed by atoms with Gasteiger partial charge in [-0.2, -0.15) is 0 Å². The highest BCUT2D eigenvalue weighted by Gasteiger charge is 2.37. The van der Waals surface area contributed by atoms with Crippen molar-refractivity contribution in [2.24, 2.45) is 5.92 Å². The van der Waals surface area contributed by atoms with E-state index >= 15 is 0 Å². The number of oxazole rings is 1. The fourth-order valence-electron chi connectivity index (χ4n) is 4.70. The monoisotopic (exact) mass is 643 g/mol. The molecule has 0 aliphatic carbocycles. The average molecular weight is 644 g/mol. The molecule has 1 unspecified atom stereocenters. The molecule has 2 amide bonds. The zero-order valence-electron chi connectivity index (χ0n) is 26.6. The zero-order valence-corrected chi connectivity index (χ0v) is 26.6. The quantitative estimate of drug-likeness (QED) is 0.197. The van der Waals surface area contributed by atoms with Gasteiger partial charge in [-0.3, -0.25) is 24.3 Å². The molecule has 5 aromatic rings. The Bertz CT molecular complexity index is 2000. The van der Waals surface area contributed by atoms with E-state index in [-0.39, 0.29) is 29.2 Å². The van der Waals surface area contributed by atoms with Gasteiger partial charge in [0.15, 0.2) is 5.58 Å². The predicted molar refractivity (Wildman–Crippen MR) is 168 cm³/mol. The van der Waals surface area contributed by atoms with Crippen LogP contribution in [0.3, 0.4) is 0 Å². The summed E-state index contributed by atoms with van der Waals surface area (Å²) in [5.74, 6) is -0.867. The zero-order chi connectivity index (χ0) is 33.9. The van der Waals surface area contributed by atoms with E-state index in [9.17, 15) is 19.2 Å². The lowest BCUT2D eigenvalue weighted by Gasteiger charge is -2.21. The Balaban J connectivity index is 1.38. The summed E-state index contributed by atoms with van der Waals surface area (Å²) in [6.45, 7) is 6.48. The minimum atomic E-state index is -1.09. The number of nitrogens with zero attached hydrogens (tertiary/aromatic N) is 5. The first-order valence-electron chi connectivity index (χ1n) is 14.6. The Hall–Kier alpha value is -5.86. The molecule has 2 aromatic carbocycles. The average Bonchev–Trinajstić information content (AvgIpc) is 3.74. The molecule has 244 valence electrons. The Morgan fingerprint density at radius 3 is 2.43 bits per heavy atom. The molecule has 15 heteroatoms. The second kappa shape index (κ2) is 13.2. The number of ketones is 1. The van der Waals surface area contributed by atoms with Gasteiger partial charge in [-0.05, 0) is 31.9 Å². The van der Waals surface area contributed by atoms with Crippen molar-refractivity contribution in [1.29, 1.82) is 0 Å². The molecule has 0 fully saturated rings. The molecule has 1 atom stereocenters. The number of rotatable bonds is 11. The third-order valence-corrected chi connectivity index (χ3v) is 7.37. The highest BCUT2D eigenvalue weighted by atomic mass is 16.5. The molecule has 15 nitrogen and oxygen atoms in total. The van der Waals surface area contributed by atoms with E-state index < -0.39 is 47.3 Å². The van der Waals surface area contributed by atoms with Crippen LogP contribution in [0.25, 0.3) is 22.5 Å². The van der Waals surface area contributed by atoms with Gasteiger partial charge in [0.2, 0.25) is 23.5 Å². The molecule has 0 bridgehead atoms. The fourth-order valence-corrected chi connectivity index (χ4v) is 4.70. The van der Waals surface area contributed by atoms with Crippen LogP contribution >= 0.6 is 0 Å². The first kappa shape index (κ1) is 32.5. The number of amides is 2. The van der Waals surface area contributed by atoms with Crippen LogP contribution in [-0.4, -0.2) is 62.8 Å². The van der Waals surface area contributed by atoms with Crippen molar-refractivity contribution >= 4 is 34.6 Å². The third kappa shape index (κ3) is 6.73. The van der Waals surface area contributed by atoms with Crippen molar-refractivity contribution in [2.45, 2.75) is 45.7 Å². The molecule has 0 saturated carbocycles. The number of anilines is 1. The largest absolute Gasteiger partial charge is 0.497 e. The number of ether oxygens (including phenoxy) is 2. The van der Waals surface area contributed by atoms with E-state index in [0.717, 1.165) is 11.7 Å². The van der Waals surface area contributed by atoms with Gasteiger partial charge in [-0.1, -0.05) is 44.2 Å². The highest BCUT2D eigenvalue weighted by molar-refractivity contribution is 5.98. The number of hydrogen-bond donors (Lipinski definition) is 2. The van der Waals surface area contributed by atoms with Gasteiger partial charge < -0.3 is 23.6 Å². The number of benzene rings is 2. The standard InChI is InChI=1S/C32H33N7O8/c1-17(2)24(25(41)27-37-38-30(47-27)32(3,4)29-34-20-14-19(44-5)12-13-22(20)46-29)36-23(40)16-39-26(18-10-8-7-9-11-18)33-15-21(28(39)42)35-31(43)45-6/h7-15,17,24H,16H2,1-6H3,(H,35,43)(H,36,40). The first-order valence-corrected chi connectivity index (χ1v) is 14.6. The molecular formula is C32H33N7O8. The molecule has 2 N–H and O–H groups in total. The van der Waals surface area contributed by atoms with Crippen molar-refractivity contribution in [3.63, 3.8) is 0 Å². The van der Waals surface area contributed by atoms with Crippen LogP contribution in [0.1, 0.15) is 50.2 Å². The summed E-state index contributed by atoms with van der Waals surface area (Å²) in [6.07, 6.45) is 0.305. The van der Waals surface area contributed by atoms with E-state index in [1.165, 1.54) is 6.20 Å². The summed E-state index contributed by atoms with van der Waals surface area (Å²) in [6, 6.07) is 12.9. The second-order valence-corrected chi connectivity index (χ2v) is 11.4. The van der Waals surface area contributed by atoms with Gasteiger partial charge in [0.25, 0.3) is 11.4 Å². The number of carbonyl (C=O) groups is 3. The summed E-state index contributed by atoms with van der Waals surface area (Å²) in [4.78, 5) is 61.1. The van der Waals surface area contributed by atoms with Crippen LogP contribution in [-0.2, 0) is 21.5 Å². The Morgan fingerprint density at radius 1 is 1.00 bits per heavy atom. The normalized spacial score (nSPS) is 12.1. The van der Waals surface area contributed by atoms with Gasteiger partial charge in [0.1, 0.15) is 34.7 Å². The summed E-state index contributed by atoms with van der Waals surface area (Å²) in [7, 11) is 2.70. The van der Waals surface area contributed by atoms with Crippen LogP contribution in [0, 0.1) is 5.92 Å². The second-order valence-electron chi connectivity index (χ2n) is 11.4. The van der Waals surface area contributed by atoms with E-state index in [1.807, 2.05) is 0 Å². The highest BCUT2D eigenvalue weighted by Crippen LogP contribution is 2.33.